The van der Waals surface area contributed by atoms with E-state index in [1.165, 1.54) is 6.07 Å². The maximum absolute atomic E-state index is 12.0. The molecule has 5 aromatic rings. The molecule has 0 atom stereocenters. The Kier molecular flexibility index (Phi) is 7.30. The van der Waals surface area contributed by atoms with Gasteiger partial charge in [-0.1, -0.05) is 35.9 Å². The molecule has 31 heavy (non-hydrogen) atoms. The summed E-state index contributed by atoms with van der Waals surface area (Å²) < 4.78 is 11.1. The van der Waals surface area contributed by atoms with Crippen LogP contribution in [0.2, 0.25) is 0 Å². The molecule has 0 bridgehead atoms. The van der Waals surface area contributed by atoms with E-state index < -0.39 is 0 Å². The molecule has 1 heterocycles. The molecule has 0 radical (unpaired) electrons. The van der Waals surface area contributed by atoms with E-state index in [4.69, 9.17) is 9.15 Å². The van der Waals surface area contributed by atoms with Crippen LogP contribution in [-0.2, 0) is 17.1 Å². The fourth-order valence-corrected chi connectivity index (χ4v) is 3.54. The molecule has 156 valence electrons. The molecule has 0 spiro atoms. The maximum Gasteiger partial charge on any atom is 2.00 e. The predicted molar refractivity (Wildman–Crippen MR) is 122 cm³/mol. The molecule has 0 aliphatic carbocycles. The van der Waals surface area contributed by atoms with E-state index in [0.29, 0.717) is 5.58 Å². The second-order valence-electron chi connectivity index (χ2n) is 6.99. The average Bonchev–Trinajstić information content (AvgIpc) is 3.50. The van der Waals surface area contributed by atoms with E-state index >= 15 is 0 Å². The third kappa shape index (κ3) is 4.88. The molecule has 0 saturated carbocycles. The zero-order valence-corrected chi connectivity index (χ0v) is 18.4. The van der Waals surface area contributed by atoms with Crippen molar-refractivity contribution in [3.63, 3.8) is 0 Å². The van der Waals surface area contributed by atoms with Crippen LogP contribution >= 0.6 is 0 Å². The Morgan fingerprint density at radius 2 is 1.65 bits per heavy atom. The molecule has 4 aromatic carbocycles. The number of fused-ring (bicyclic) bond motifs is 1. The molecule has 0 unspecified atom stereocenters. The Hall–Kier alpha value is -3.33. The number of hydrogen-bond donors (Lipinski definition) is 0. The van der Waals surface area contributed by atoms with Gasteiger partial charge < -0.3 is 9.15 Å². The number of methoxy groups -OCH3 is 1. The largest absolute Gasteiger partial charge is 2.00 e. The Balaban J connectivity index is 0.000000401. The molecule has 0 amide bonds. The van der Waals surface area contributed by atoms with Gasteiger partial charge in [0.2, 0.25) is 0 Å². The predicted octanol–water partition coefficient (Wildman–Crippen LogP) is 6.57. The van der Waals surface area contributed by atoms with Crippen molar-refractivity contribution in [3.8, 4) is 28.0 Å². The fraction of sp³-hybridized carbons (Fsp3) is 0.0741. The normalized spacial score (nSPS) is 10.1. The van der Waals surface area contributed by atoms with Crippen molar-refractivity contribution < 1.29 is 26.2 Å². The van der Waals surface area contributed by atoms with Crippen molar-refractivity contribution in [2.45, 2.75) is 6.92 Å². The smallest absolute Gasteiger partial charge is 0.496 e. The summed E-state index contributed by atoms with van der Waals surface area (Å²) in [6.07, 6.45) is 0. The average molecular weight is 450 g/mol. The van der Waals surface area contributed by atoms with Crippen molar-refractivity contribution in [3.05, 3.63) is 113 Å². The molecule has 5 rings (SSSR count). The molecule has 0 saturated heterocycles. The van der Waals surface area contributed by atoms with Crippen molar-refractivity contribution >= 4 is 11.0 Å². The van der Waals surface area contributed by atoms with Crippen LogP contribution in [0.5, 0.6) is 5.75 Å². The number of hydrogen-bond acceptors (Lipinski definition) is 3. The van der Waals surface area contributed by atoms with E-state index in [2.05, 4.69) is 24.3 Å². The number of aryl methyl sites for hydroxylation is 1. The minimum atomic E-state index is -0.345. The molecule has 4 heteroatoms. The standard InChI is InChI=1S/C22H17O3.C5H5.Fe/c1-14-11-21(23)25-22-18(14)12-16(15-7-3-4-8-15)13-19(22)17-9-5-6-10-20(17)24-2;1-2-4-5-3-1;/h3-13H,1-2H3;1-5H;/q2*-1;+2. The van der Waals surface area contributed by atoms with Crippen molar-refractivity contribution in [2.24, 2.45) is 0 Å². The van der Waals surface area contributed by atoms with E-state index in [1.54, 1.807) is 7.11 Å². The molecule has 0 aliphatic rings. The minimum Gasteiger partial charge on any atom is -0.496 e. The fourth-order valence-electron chi connectivity index (χ4n) is 3.54. The molecule has 0 aliphatic heterocycles. The van der Waals surface area contributed by atoms with E-state index in [1.807, 2.05) is 73.7 Å². The second-order valence-corrected chi connectivity index (χ2v) is 6.99. The molecule has 0 N–H and O–H groups in total. The minimum absolute atomic E-state index is 0. The Morgan fingerprint density at radius 1 is 0.871 bits per heavy atom. The monoisotopic (exact) mass is 450 g/mol. The number of para-hydroxylation sites is 1. The third-order valence-electron chi connectivity index (χ3n) is 5.00. The molecule has 3 nitrogen and oxygen atoms in total. The van der Waals surface area contributed by atoms with Crippen LogP contribution in [0.15, 0.2) is 106 Å². The summed E-state index contributed by atoms with van der Waals surface area (Å²) in [4.78, 5) is 12.0. The summed E-state index contributed by atoms with van der Waals surface area (Å²) in [5.74, 6) is 0.743. The summed E-state index contributed by atoms with van der Waals surface area (Å²) in [5.41, 5.74) is 5.10. The van der Waals surface area contributed by atoms with Gasteiger partial charge >= 0.3 is 22.7 Å². The van der Waals surface area contributed by atoms with Gasteiger partial charge in [-0.05, 0) is 18.6 Å². The van der Waals surface area contributed by atoms with Crippen LogP contribution in [0, 0.1) is 6.92 Å². The first kappa shape index (κ1) is 22.4. The number of benzene rings is 2. The van der Waals surface area contributed by atoms with Crippen molar-refractivity contribution in [1.82, 2.24) is 0 Å². The van der Waals surface area contributed by atoms with E-state index in [-0.39, 0.29) is 22.7 Å². The van der Waals surface area contributed by atoms with Gasteiger partial charge in [-0.2, -0.15) is 42.0 Å². The van der Waals surface area contributed by atoms with Crippen molar-refractivity contribution in [2.75, 3.05) is 7.11 Å². The van der Waals surface area contributed by atoms with Gasteiger partial charge in [0.15, 0.2) is 0 Å². The van der Waals surface area contributed by atoms with E-state index in [0.717, 1.165) is 39.0 Å². The van der Waals surface area contributed by atoms with Crippen LogP contribution in [0.4, 0.5) is 0 Å². The van der Waals surface area contributed by atoms with Gasteiger partial charge in [-0.15, -0.1) is 6.07 Å². The summed E-state index contributed by atoms with van der Waals surface area (Å²) in [5, 5.41) is 0.930. The Bertz CT molecular complexity index is 1280. The first-order valence-electron chi connectivity index (χ1n) is 9.78. The van der Waals surface area contributed by atoms with Gasteiger partial charge in [0.1, 0.15) is 11.3 Å². The van der Waals surface area contributed by atoms with Crippen molar-refractivity contribution in [1.29, 1.82) is 0 Å². The topological polar surface area (TPSA) is 39.4 Å². The van der Waals surface area contributed by atoms with Gasteiger partial charge in [0, 0.05) is 22.6 Å². The summed E-state index contributed by atoms with van der Waals surface area (Å²) >= 11 is 0. The summed E-state index contributed by atoms with van der Waals surface area (Å²) in [7, 11) is 1.64. The Labute approximate surface area is 192 Å². The van der Waals surface area contributed by atoms with Gasteiger partial charge in [-0.25, -0.2) is 16.9 Å². The number of ether oxygens (including phenoxy) is 1. The maximum atomic E-state index is 12.0. The van der Waals surface area contributed by atoms with Crippen LogP contribution in [0.1, 0.15) is 5.56 Å². The van der Waals surface area contributed by atoms with Gasteiger partial charge in [0.25, 0.3) is 0 Å². The quantitative estimate of drug-likeness (QED) is 0.177. The molecule has 0 fully saturated rings. The zero-order valence-electron chi connectivity index (χ0n) is 17.3. The van der Waals surface area contributed by atoms with Gasteiger partial charge in [-0.3, -0.25) is 0 Å². The third-order valence-corrected chi connectivity index (χ3v) is 5.00. The SMILES string of the molecule is COc1ccccc1-c1cc(-c2ccc[cH-]2)cc2c(C)cc(=O)oc12.[Fe+2].c1cc[cH-]c1. The summed E-state index contributed by atoms with van der Waals surface area (Å²) in [6.45, 7) is 1.93. The number of rotatable bonds is 3. The molecule has 1 aromatic heterocycles. The van der Waals surface area contributed by atoms with Crippen LogP contribution < -0.4 is 10.4 Å². The first-order chi connectivity index (χ1) is 14.7. The van der Waals surface area contributed by atoms with E-state index in [9.17, 15) is 4.79 Å². The Morgan fingerprint density at radius 3 is 2.29 bits per heavy atom. The molecular weight excluding hydrogens is 428 g/mol. The van der Waals surface area contributed by atoms with Crippen LogP contribution in [0.25, 0.3) is 33.2 Å². The summed E-state index contributed by atoms with van der Waals surface area (Å²) in [6, 6.07) is 31.6. The van der Waals surface area contributed by atoms with Gasteiger partial charge in [0.05, 0.1) is 7.11 Å². The molecular formula is C27H22FeO3. The van der Waals surface area contributed by atoms with Crippen LogP contribution in [-0.4, -0.2) is 7.11 Å². The first-order valence-corrected chi connectivity index (χ1v) is 9.78. The zero-order chi connectivity index (χ0) is 20.9. The second kappa shape index (κ2) is 10.1. The van der Waals surface area contributed by atoms with Crippen LogP contribution in [0.3, 0.4) is 0 Å².